The van der Waals surface area contributed by atoms with Crippen LogP contribution in [-0.2, 0) is 4.79 Å². The molecule has 0 aromatic rings. The zero-order valence-electron chi connectivity index (χ0n) is 9.05. The number of hydrogen-bond donors (Lipinski definition) is 0. The lowest BCUT2D eigenvalue weighted by Gasteiger charge is -2.27. The van der Waals surface area contributed by atoms with Gasteiger partial charge in [-0.2, -0.15) is 0 Å². The molecule has 76 valence electrons. The molecule has 1 aliphatic rings. The second-order valence-corrected chi connectivity index (χ2v) is 4.29. The molecule has 1 rings (SSSR count). The van der Waals surface area contributed by atoms with Crippen LogP contribution in [0.15, 0.2) is 0 Å². The van der Waals surface area contributed by atoms with Crippen LogP contribution in [0.3, 0.4) is 0 Å². The highest BCUT2D eigenvalue weighted by Crippen LogP contribution is 2.24. The van der Waals surface area contributed by atoms with Gasteiger partial charge in [-0.1, -0.05) is 27.2 Å². The van der Waals surface area contributed by atoms with E-state index in [0.717, 1.165) is 25.8 Å². The molecule has 13 heavy (non-hydrogen) atoms. The fraction of sp³-hybridized carbons (Fsp3) is 0.909. The number of unbranched alkanes of at least 4 members (excludes halogenated alkanes) is 1. The number of likely N-dealkylation sites (tertiary alicyclic amines) is 1. The van der Waals surface area contributed by atoms with Gasteiger partial charge < -0.3 is 4.90 Å². The molecule has 0 aliphatic carbocycles. The van der Waals surface area contributed by atoms with Crippen molar-refractivity contribution in [3.63, 3.8) is 0 Å². The van der Waals surface area contributed by atoms with Gasteiger partial charge in [-0.05, 0) is 18.8 Å². The van der Waals surface area contributed by atoms with Crippen molar-refractivity contribution >= 4 is 5.91 Å². The minimum Gasteiger partial charge on any atom is -0.339 e. The Hall–Kier alpha value is -0.530. The standard InChI is InChI=1S/C11H21NO/c1-4-5-8-12-10(9(2)3)6-7-11(12)13/h9-10H,4-8H2,1-3H3. The first kappa shape index (κ1) is 10.6. The molecule has 1 heterocycles. The van der Waals surface area contributed by atoms with Crippen LogP contribution in [0.25, 0.3) is 0 Å². The van der Waals surface area contributed by atoms with E-state index in [1.807, 2.05) is 0 Å². The molecule has 1 unspecified atom stereocenters. The summed E-state index contributed by atoms with van der Waals surface area (Å²) in [6, 6.07) is 0.513. The fourth-order valence-corrected chi connectivity index (χ4v) is 2.07. The van der Waals surface area contributed by atoms with Crippen molar-refractivity contribution in [1.82, 2.24) is 4.90 Å². The first-order valence-electron chi connectivity index (χ1n) is 5.46. The monoisotopic (exact) mass is 183 g/mol. The van der Waals surface area contributed by atoms with Crippen molar-refractivity contribution in [1.29, 1.82) is 0 Å². The van der Waals surface area contributed by atoms with E-state index in [4.69, 9.17) is 0 Å². The summed E-state index contributed by atoms with van der Waals surface area (Å²) < 4.78 is 0. The van der Waals surface area contributed by atoms with E-state index in [2.05, 4.69) is 25.7 Å². The maximum atomic E-state index is 11.5. The molecule has 1 aliphatic heterocycles. The summed E-state index contributed by atoms with van der Waals surface area (Å²) in [6.07, 6.45) is 4.16. The highest BCUT2D eigenvalue weighted by molar-refractivity contribution is 5.78. The molecule has 1 fully saturated rings. The average Bonchev–Trinajstić information content (AvgIpc) is 2.43. The molecular formula is C11H21NO. The van der Waals surface area contributed by atoms with Gasteiger partial charge in [-0.15, -0.1) is 0 Å². The van der Waals surface area contributed by atoms with Gasteiger partial charge in [0.15, 0.2) is 0 Å². The third kappa shape index (κ3) is 2.45. The van der Waals surface area contributed by atoms with E-state index in [1.165, 1.54) is 6.42 Å². The molecule has 2 nitrogen and oxygen atoms in total. The molecule has 0 spiro atoms. The summed E-state index contributed by atoms with van der Waals surface area (Å²) in [4.78, 5) is 13.6. The van der Waals surface area contributed by atoms with E-state index in [1.54, 1.807) is 0 Å². The van der Waals surface area contributed by atoms with Crippen molar-refractivity contribution in [2.75, 3.05) is 6.54 Å². The van der Waals surface area contributed by atoms with Crippen molar-refractivity contribution in [3.05, 3.63) is 0 Å². The molecule has 1 saturated heterocycles. The number of nitrogens with zero attached hydrogens (tertiary/aromatic N) is 1. The molecular weight excluding hydrogens is 162 g/mol. The first-order valence-corrected chi connectivity index (χ1v) is 5.46. The van der Waals surface area contributed by atoms with Gasteiger partial charge in [-0.25, -0.2) is 0 Å². The summed E-state index contributed by atoms with van der Waals surface area (Å²) in [5, 5.41) is 0. The van der Waals surface area contributed by atoms with E-state index in [0.29, 0.717) is 17.9 Å². The summed E-state index contributed by atoms with van der Waals surface area (Å²) in [5.74, 6) is 0.982. The minimum absolute atomic E-state index is 0.368. The third-order valence-electron chi connectivity index (χ3n) is 2.90. The lowest BCUT2D eigenvalue weighted by Crippen LogP contribution is -2.36. The van der Waals surface area contributed by atoms with Crippen LogP contribution in [0.5, 0.6) is 0 Å². The van der Waals surface area contributed by atoms with Crippen LogP contribution in [0, 0.1) is 5.92 Å². The van der Waals surface area contributed by atoms with Gasteiger partial charge in [0.25, 0.3) is 0 Å². The van der Waals surface area contributed by atoms with Gasteiger partial charge in [0.2, 0.25) is 5.91 Å². The van der Waals surface area contributed by atoms with Crippen LogP contribution in [0.2, 0.25) is 0 Å². The Morgan fingerprint density at radius 1 is 1.54 bits per heavy atom. The van der Waals surface area contributed by atoms with E-state index in [-0.39, 0.29) is 0 Å². The number of hydrogen-bond acceptors (Lipinski definition) is 1. The van der Waals surface area contributed by atoms with Crippen molar-refractivity contribution < 1.29 is 4.79 Å². The fourth-order valence-electron chi connectivity index (χ4n) is 2.07. The van der Waals surface area contributed by atoms with E-state index >= 15 is 0 Å². The van der Waals surface area contributed by atoms with Gasteiger partial charge >= 0.3 is 0 Å². The maximum Gasteiger partial charge on any atom is 0.222 e. The van der Waals surface area contributed by atoms with Gasteiger partial charge in [0.1, 0.15) is 0 Å². The second kappa shape index (κ2) is 4.64. The SMILES string of the molecule is CCCCN1C(=O)CCC1C(C)C. The van der Waals surface area contributed by atoms with Crippen molar-refractivity contribution in [3.8, 4) is 0 Å². The maximum absolute atomic E-state index is 11.5. The Morgan fingerprint density at radius 2 is 2.23 bits per heavy atom. The molecule has 1 amide bonds. The zero-order valence-corrected chi connectivity index (χ0v) is 9.05. The molecule has 0 aromatic heterocycles. The molecule has 0 radical (unpaired) electrons. The highest BCUT2D eigenvalue weighted by Gasteiger charge is 2.31. The van der Waals surface area contributed by atoms with Gasteiger partial charge in [0, 0.05) is 19.0 Å². The molecule has 2 heteroatoms. The smallest absolute Gasteiger partial charge is 0.222 e. The third-order valence-corrected chi connectivity index (χ3v) is 2.90. The summed E-state index contributed by atoms with van der Waals surface area (Å²) in [7, 11) is 0. The Morgan fingerprint density at radius 3 is 2.77 bits per heavy atom. The quantitative estimate of drug-likeness (QED) is 0.655. The Labute approximate surface area is 81.3 Å². The molecule has 0 aromatic carbocycles. The topological polar surface area (TPSA) is 20.3 Å². The zero-order chi connectivity index (χ0) is 9.84. The second-order valence-electron chi connectivity index (χ2n) is 4.29. The van der Waals surface area contributed by atoms with Crippen LogP contribution < -0.4 is 0 Å². The molecule has 0 saturated carbocycles. The summed E-state index contributed by atoms with van der Waals surface area (Å²) in [6.45, 7) is 7.56. The molecule has 0 bridgehead atoms. The number of rotatable bonds is 4. The van der Waals surface area contributed by atoms with Crippen LogP contribution in [0.4, 0.5) is 0 Å². The first-order chi connectivity index (χ1) is 6.16. The van der Waals surface area contributed by atoms with E-state index < -0.39 is 0 Å². The Kier molecular flexibility index (Phi) is 3.76. The Bertz CT molecular complexity index is 177. The van der Waals surface area contributed by atoms with Crippen molar-refractivity contribution in [2.45, 2.75) is 52.5 Å². The van der Waals surface area contributed by atoms with Crippen LogP contribution >= 0.6 is 0 Å². The summed E-state index contributed by atoms with van der Waals surface area (Å²) >= 11 is 0. The van der Waals surface area contributed by atoms with Crippen LogP contribution in [-0.4, -0.2) is 23.4 Å². The summed E-state index contributed by atoms with van der Waals surface area (Å²) in [5.41, 5.74) is 0. The predicted octanol–water partition coefficient (Wildman–Crippen LogP) is 2.43. The lowest BCUT2D eigenvalue weighted by atomic mass is 10.0. The van der Waals surface area contributed by atoms with Crippen LogP contribution in [0.1, 0.15) is 46.5 Å². The Balaban J connectivity index is 2.50. The van der Waals surface area contributed by atoms with Crippen molar-refractivity contribution in [2.24, 2.45) is 5.92 Å². The molecule has 1 atom stereocenters. The lowest BCUT2D eigenvalue weighted by molar-refractivity contribution is -0.129. The largest absolute Gasteiger partial charge is 0.339 e. The molecule has 0 N–H and O–H groups in total. The van der Waals surface area contributed by atoms with E-state index in [9.17, 15) is 4.79 Å². The number of amides is 1. The average molecular weight is 183 g/mol. The normalized spacial score (nSPS) is 23.2. The predicted molar refractivity (Wildman–Crippen MR) is 54.5 cm³/mol. The van der Waals surface area contributed by atoms with Gasteiger partial charge in [0.05, 0.1) is 0 Å². The van der Waals surface area contributed by atoms with Gasteiger partial charge in [-0.3, -0.25) is 4.79 Å². The number of carbonyl (C=O) groups is 1. The minimum atomic E-state index is 0.368. The highest BCUT2D eigenvalue weighted by atomic mass is 16.2. The number of carbonyl (C=O) groups excluding carboxylic acids is 1.